The van der Waals surface area contributed by atoms with Crippen molar-refractivity contribution in [3.05, 3.63) is 34.2 Å². The molecule has 3 aliphatic rings. The van der Waals surface area contributed by atoms with Gasteiger partial charge in [-0.3, -0.25) is 10.2 Å². The molecule has 0 radical (unpaired) electrons. The molecule has 3 heterocycles. The fourth-order valence-electron chi connectivity index (χ4n) is 4.60. The Hall–Kier alpha value is -1.80. The Labute approximate surface area is 163 Å². The first-order valence-corrected chi connectivity index (χ1v) is 10.6. The average Bonchev–Trinajstić information content (AvgIpc) is 3.38. The van der Waals surface area contributed by atoms with E-state index < -0.39 is 0 Å². The first-order chi connectivity index (χ1) is 13.2. The maximum absolute atomic E-state index is 12.8. The molecule has 27 heavy (non-hydrogen) atoms. The SMILES string of the molecule is Cc1sc(NC(=O)C2NNC3CCNCC32)nc1-c1ccc2c(c1)CCC2. The van der Waals surface area contributed by atoms with Gasteiger partial charge in [-0.15, -0.1) is 11.3 Å². The third-order valence-electron chi connectivity index (χ3n) is 6.06. The summed E-state index contributed by atoms with van der Waals surface area (Å²) in [5.74, 6) is 0.268. The van der Waals surface area contributed by atoms with Crippen LogP contribution in [-0.4, -0.2) is 36.1 Å². The molecule has 0 saturated carbocycles. The van der Waals surface area contributed by atoms with Crippen LogP contribution in [0.3, 0.4) is 0 Å². The zero-order valence-electron chi connectivity index (χ0n) is 15.5. The predicted molar refractivity (Wildman–Crippen MR) is 108 cm³/mol. The van der Waals surface area contributed by atoms with Crippen molar-refractivity contribution in [2.45, 2.75) is 44.7 Å². The third-order valence-corrected chi connectivity index (χ3v) is 6.95. The maximum atomic E-state index is 12.8. The van der Waals surface area contributed by atoms with Crippen LogP contribution in [0.4, 0.5) is 5.13 Å². The lowest BCUT2D eigenvalue weighted by atomic mass is 9.89. The summed E-state index contributed by atoms with van der Waals surface area (Å²) in [5.41, 5.74) is 11.5. The van der Waals surface area contributed by atoms with Gasteiger partial charge in [-0.05, 0) is 56.3 Å². The molecule has 1 aromatic carbocycles. The summed E-state index contributed by atoms with van der Waals surface area (Å²) in [5, 5.41) is 7.11. The zero-order chi connectivity index (χ0) is 18.4. The number of aromatic nitrogens is 1. The van der Waals surface area contributed by atoms with E-state index in [9.17, 15) is 4.79 Å². The van der Waals surface area contributed by atoms with E-state index in [2.05, 4.69) is 46.6 Å². The van der Waals surface area contributed by atoms with Crippen LogP contribution in [0.2, 0.25) is 0 Å². The van der Waals surface area contributed by atoms with E-state index >= 15 is 0 Å². The summed E-state index contributed by atoms with van der Waals surface area (Å²) in [6.45, 7) is 3.94. The highest BCUT2D eigenvalue weighted by molar-refractivity contribution is 7.16. The molecular formula is C20H25N5OS. The van der Waals surface area contributed by atoms with Crippen LogP contribution in [0.1, 0.15) is 28.8 Å². The molecule has 3 atom stereocenters. The van der Waals surface area contributed by atoms with Gasteiger partial charge in [0.15, 0.2) is 5.13 Å². The topological polar surface area (TPSA) is 78.1 Å². The van der Waals surface area contributed by atoms with Gasteiger partial charge in [-0.1, -0.05) is 12.1 Å². The van der Waals surface area contributed by atoms with Crippen LogP contribution in [0.25, 0.3) is 11.3 Å². The van der Waals surface area contributed by atoms with Gasteiger partial charge in [0, 0.05) is 28.9 Å². The van der Waals surface area contributed by atoms with Gasteiger partial charge in [0.05, 0.1) is 5.69 Å². The van der Waals surface area contributed by atoms with Crippen LogP contribution >= 0.6 is 11.3 Å². The molecule has 2 aromatic rings. The number of anilines is 1. The fourth-order valence-corrected chi connectivity index (χ4v) is 5.43. The number of carbonyl (C=O) groups is 1. The molecular weight excluding hydrogens is 358 g/mol. The van der Waals surface area contributed by atoms with E-state index in [1.165, 1.54) is 24.0 Å². The van der Waals surface area contributed by atoms with E-state index in [1.54, 1.807) is 11.3 Å². The number of aryl methyl sites for hydroxylation is 3. The number of amides is 1. The van der Waals surface area contributed by atoms with Gasteiger partial charge in [0.1, 0.15) is 6.04 Å². The number of nitrogens with one attached hydrogen (secondary N) is 4. The number of hydrogen-bond acceptors (Lipinski definition) is 6. The molecule has 0 spiro atoms. The molecule has 4 N–H and O–H groups in total. The fraction of sp³-hybridized carbons (Fsp3) is 0.500. The Morgan fingerprint density at radius 3 is 3.07 bits per heavy atom. The van der Waals surface area contributed by atoms with Gasteiger partial charge < -0.3 is 10.6 Å². The molecule has 1 amide bonds. The second-order valence-corrected chi connectivity index (χ2v) is 8.98. The third kappa shape index (κ3) is 3.18. The Morgan fingerprint density at radius 1 is 1.26 bits per heavy atom. The van der Waals surface area contributed by atoms with Crippen LogP contribution in [-0.2, 0) is 17.6 Å². The first kappa shape index (κ1) is 17.3. The monoisotopic (exact) mass is 383 g/mol. The Balaban J connectivity index is 1.33. The number of benzene rings is 1. The second-order valence-electron chi connectivity index (χ2n) is 7.78. The average molecular weight is 384 g/mol. The number of hydrazine groups is 1. The highest BCUT2D eigenvalue weighted by Gasteiger charge is 2.41. The number of piperidine rings is 1. The van der Waals surface area contributed by atoms with Gasteiger partial charge >= 0.3 is 0 Å². The molecule has 0 bridgehead atoms. The summed E-state index contributed by atoms with van der Waals surface area (Å²) < 4.78 is 0. The predicted octanol–water partition coefficient (Wildman–Crippen LogP) is 2.00. The lowest BCUT2D eigenvalue weighted by molar-refractivity contribution is -0.118. The Kier molecular flexibility index (Phi) is 4.47. The van der Waals surface area contributed by atoms with Gasteiger partial charge in [0.25, 0.3) is 0 Å². The van der Waals surface area contributed by atoms with Crippen molar-refractivity contribution in [3.8, 4) is 11.3 Å². The molecule has 142 valence electrons. The molecule has 3 unspecified atom stereocenters. The van der Waals surface area contributed by atoms with E-state index in [-0.39, 0.29) is 17.9 Å². The Bertz CT molecular complexity index is 879. The van der Waals surface area contributed by atoms with E-state index in [0.29, 0.717) is 11.2 Å². The standard InChI is InChI=1S/C20H25N5OS/c1-11-17(14-6-5-12-3-2-4-13(12)9-14)22-20(27-11)23-19(26)18-15-10-21-8-7-16(15)24-25-18/h5-6,9,15-16,18,21,24-25H,2-4,7-8,10H2,1H3,(H,22,23,26). The van der Waals surface area contributed by atoms with Crippen molar-refractivity contribution >= 4 is 22.4 Å². The second kappa shape index (κ2) is 6.98. The highest BCUT2D eigenvalue weighted by Crippen LogP contribution is 2.33. The molecule has 7 heteroatoms. The minimum atomic E-state index is -0.226. The molecule has 1 aliphatic carbocycles. The van der Waals surface area contributed by atoms with E-state index in [4.69, 9.17) is 4.98 Å². The van der Waals surface area contributed by atoms with E-state index in [1.807, 2.05) is 0 Å². The normalized spacial score (nSPS) is 26.6. The smallest absolute Gasteiger partial charge is 0.245 e. The number of fused-ring (bicyclic) bond motifs is 2. The molecule has 6 nitrogen and oxygen atoms in total. The lowest BCUT2D eigenvalue weighted by Crippen LogP contribution is -2.47. The first-order valence-electron chi connectivity index (χ1n) is 9.81. The van der Waals surface area contributed by atoms with E-state index in [0.717, 1.165) is 42.1 Å². The van der Waals surface area contributed by atoms with Crippen molar-refractivity contribution in [3.63, 3.8) is 0 Å². The highest BCUT2D eigenvalue weighted by atomic mass is 32.1. The number of thiazole rings is 1. The number of nitrogens with zero attached hydrogens (tertiary/aromatic N) is 1. The number of rotatable bonds is 3. The van der Waals surface area contributed by atoms with Crippen LogP contribution in [0, 0.1) is 12.8 Å². The van der Waals surface area contributed by atoms with Crippen molar-refractivity contribution in [2.24, 2.45) is 5.92 Å². The summed E-state index contributed by atoms with van der Waals surface area (Å²) in [4.78, 5) is 18.7. The molecule has 1 aromatic heterocycles. The summed E-state index contributed by atoms with van der Waals surface area (Å²) in [7, 11) is 0. The van der Waals surface area contributed by atoms with Crippen molar-refractivity contribution < 1.29 is 4.79 Å². The van der Waals surface area contributed by atoms with Crippen LogP contribution < -0.4 is 21.5 Å². The zero-order valence-corrected chi connectivity index (χ0v) is 16.3. The summed E-state index contributed by atoms with van der Waals surface area (Å²) >= 11 is 1.55. The Morgan fingerprint density at radius 2 is 2.15 bits per heavy atom. The minimum Gasteiger partial charge on any atom is -0.316 e. The van der Waals surface area contributed by atoms with Gasteiger partial charge in [-0.2, -0.15) is 0 Å². The van der Waals surface area contributed by atoms with Crippen LogP contribution in [0.15, 0.2) is 18.2 Å². The van der Waals surface area contributed by atoms with Gasteiger partial charge in [-0.25, -0.2) is 10.4 Å². The quantitative estimate of drug-likeness (QED) is 0.652. The number of carbonyl (C=O) groups excluding carboxylic acids is 1. The van der Waals surface area contributed by atoms with Crippen molar-refractivity contribution in [1.82, 2.24) is 21.2 Å². The minimum absolute atomic E-state index is 0.00652. The van der Waals surface area contributed by atoms with Crippen molar-refractivity contribution in [1.29, 1.82) is 0 Å². The largest absolute Gasteiger partial charge is 0.316 e. The summed E-state index contributed by atoms with van der Waals surface area (Å²) in [6.07, 6.45) is 4.63. The maximum Gasteiger partial charge on any atom is 0.245 e. The van der Waals surface area contributed by atoms with Crippen LogP contribution in [0.5, 0.6) is 0 Å². The van der Waals surface area contributed by atoms with Crippen molar-refractivity contribution in [2.75, 3.05) is 18.4 Å². The molecule has 5 rings (SSSR count). The molecule has 2 fully saturated rings. The lowest BCUT2D eigenvalue weighted by Gasteiger charge is -2.27. The summed E-state index contributed by atoms with van der Waals surface area (Å²) in [6, 6.07) is 6.81. The molecule has 2 saturated heterocycles. The molecule has 2 aliphatic heterocycles. The number of hydrogen-bond donors (Lipinski definition) is 4. The van der Waals surface area contributed by atoms with Gasteiger partial charge in [0.2, 0.25) is 5.91 Å².